The summed E-state index contributed by atoms with van der Waals surface area (Å²) in [6, 6.07) is 12.2. The van der Waals surface area contributed by atoms with Crippen LogP contribution in [0.4, 0.5) is 29.0 Å². The topological polar surface area (TPSA) is 152 Å². The molecule has 1 aliphatic rings. The number of amides is 1. The highest BCUT2D eigenvalue weighted by atomic mass is 35.5. The standard InChI is InChI=1S/C29H38ClN7O4S/c1-17(2)42(39,40)24-9-7-6-8-22(24)33-27-25(30)26(31)35-29(36-27)34-21-15-10-18(16-23(21)41-5)28(38)32-19-11-13-20(14-12-19)37(3)4/h6-10,15-17,19-20H,11-14H2,1-5H3,(H,32,38)(H4,31,33,34,35,36)/t19-,20-. The van der Waals surface area contributed by atoms with Gasteiger partial charge >= 0.3 is 0 Å². The maximum atomic E-state index is 13.0. The summed E-state index contributed by atoms with van der Waals surface area (Å²) in [6.07, 6.45) is 3.96. The van der Waals surface area contributed by atoms with Crippen LogP contribution < -0.4 is 26.4 Å². The zero-order valence-electron chi connectivity index (χ0n) is 24.4. The first-order valence-corrected chi connectivity index (χ1v) is 15.7. The Bertz CT molecular complexity index is 1540. The Morgan fingerprint density at radius 1 is 1.05 bits per heavy atom. The summed E-state index contributed by atoms with van der Waals surface area (Å²) in [6.45, 7) is 3.23. The second kappa shape index (κ2) is 13.1. The molecule has 2 aromatic carbocycles. The van der Waals surface area contributed by atoms with Crippen LogP contribution in [-0.4, -0.2) is 67.7 Å². The molecule has 0 unspecified atom stereocenters. The van der Waals surface area contributed by atoms with Crippen LogP contribution in [0, 0.1) is 0 Å². The number of carbonyl (C=O) groups is 1. The van der Waals surface area contributed by atoms with E-state index >= 15 is 0 Å². The summed E-state index contributed by atoms with van der Waals surface area (Å²) in [4.78, 5) is 24.0. The SMILES string of the molecule is COc1cc(C(=O)N[C@H]2CC[C@H](N(C)C)CC2)ccc1Nc1nc(N)c(Cl)c(Nc2ccccc2S(=O)(=O)C(C)C)n1. The number of nitrogens with zero attached hydrogens (tertiary/aromatic N) is 3. The minimum Gasteiger partial charge on any atom is -0.495 e. The van der Waals surface area contributed by atoms with E-state index in [-0.39, 0.29) is 39.5 Å². The Kier molecular flexibility index (Phi) is 9.80. The maximum absolute atomic E-state index is 13.0. The number of hydrogen-bond acceptors (Lipinski definition) is 10. The molecule has 226 valence electrons. The fourth-order valence-corrected chi connectivity index (χ4v) is 6.20. The highest BCUT2D eigenvalue weighted by Crippen LogP contribution is 2.34. The molecule has 0 aliphatic heterocycles. The molecular formula is C29H38ClN7O4S. The number of nitrogens with two attached hydrogens (primary N) is 1. The van der Waals surface area contributed by atoms with E-state index in [0.29, 0.717) is 28.7 Å². The van der Waals surface area contributed by atoms with Gasteiger partial charge in [-0.05, 0) is 84.0 Å². The number of rotatable bonds is 10. The molecule has 13 heteroatoms. The Balaban J connectivity index is 1.53. The number of sulfone groups is 1. The van der Waals surface area contributed by atoms with Gasteiger partial charge in [0, 0.05) is 17.6 Å². The van der Waals surface area contributed by atoms with Gasteiger partial charge in [0.1, 0.15) is 16.6 Å². The number of methoxy groups -OCH3 is 1. The predicted octanol–water partition coefficient (Wildman–Crippen LogP) is 4.99. The van der Waals surface area contributed by atoms with Crippen LogP contribution in [0.15, 0.2) is 47.4 Å². The van der Waals surface area contributed by atoms with Crippen molar-refractivity contribution in [3.63, 3.8) is 0 Å². The number of para-hydroxylation sites is 1. The average Bonchev–Trinajstić information content (AvgIpc) is 2.96. The van der Waals surface area contributed by atoms with E-state index in [1.165, 1.54) is 13.2 Å². The number of anilines is 5. The van der Waals surface area contributed by atoms with Gasteiger partial charge in [0.25, 0.3) is 5.91 Å². The van der Waals surface area contributed by atoms with Gasteiger partial charge in [-0.2, -0.15) is 9.97 Å². The molecule has 1 heterocycles. The highest BCUT2D eigenvalue weighted by molar-refractivity contribution is 7.92. The Labute approximate surface area is 252 Å². The Hall–Kier alpha value is -3.61. The summed E-state index contributed by atoms with van der Waals surface area (Å²) in [5, 5.41) is 8.62. The number of nitrogens with one attached hydrogen (secondary N) is 3. The third-order valence-electron chi connectivity index (χ3n) is 7.42. The molecule has 0 radical (unpaired) electrons. The van der Waals surface area contributed by atoms with E-state index in [0.717, 1.165) is 25.7 Å². The smallest absolute Gasteiger partial charge is 0.251 e. The summed E-state index contributed by atoms with van der Waals surface area (Å²) in [5.41, 5.74) is 7.35. The first-order chi connectivity index (χ1) is 19.9. The summed E-state index contributed by atoms with van der Waals surface area (Å²) < 4.78 is 31.4. The molecule has 5 N–H and O–H groups in total. The van der Waals surface area contributed by atoms with Gasteiger partial charge < -0.3 is 31.3 Å². The Morgan fingerprint density at radius 2 is 1.74 bits per heavy atom. The number of benzene rings is 2. The fourth-order valence-electron chi connectivity index (χ4n) is 4.86. The molecule has 1 fully saturated rings. The number of nitrogen functional groups attached to an aromatic ring is 1. The third-order valence-corrected chi connectivity index (χ3v) is 10.00. The lowest BCUT2D eigenvalue weighted by molar-refractivity contribution is 0.0916. The molecule has 1 aromatic heterocycles. The number of ether oxygens (including phenoxy) is 1. The predicted molar refractivity (Wildman–Crippen MR) is 167 cm³/mol. The molecular weight excluding hydrogens is 578 g/mol. The molecule has 1 aliphatic carbocycles. The fraction of sp³-hybridized carbons (Fsp3) is 0.414. The normalized spacial score (nSPS) is 17.2. The van der Waals surface area contributed by atoms with Gasteiger partial charge in [-0.3, -0.25) is 4.79 Å². The van der Waals surface area contributed by atoms with E-state index in [4.69, 9.17) is 22.1 Å². The second-order valence-electron chi connectivity index (χ2n) is 10.8. The van der Waals surface area contributed by atoms with Gasteiger partial charge in [-0.1, -0.05) is 23.7 Å². The summed E-state index contributed by atoms with van der Waals surface area (Å²) >= 11 is 6.40. The summed E-state index contributed by atoms with van der Waals surface area (Å²) in [5.74, 6) is 0.439. The lowest BCUT2D eigenvalue weighted by Crippen LogP contribution is -2.41. The third kappa shape index (κ3) is 7.05. The van der Waals surface area contributed by atoms with Crippen LogP contribution in [0.2, 0.25) is 5.02 Å². The van der Waals surface area contributed by atoms with Crippen LogP contribution in [0.1, 0.15) is 49.9 Å². The monoisotopic (exact) mass is 615 g/mol. The van der Waals surface area contributed by atoms with Crippen molar-refractivity contribution in [3.8, 4) is 5.75 Å². The molecule has 4 rings (SSSR count). The zero-order valence-corrected chi connectivity index (χ0v) is 26.0. The Morgan fingerprint density at radius 3 is 2.38 bits per heavy atom. The molecule has 0 bridgehead atoms. The van der Waals surface area contributed by atoms with Crippen molar-refractivity contribution in [2.75, 3.05) is 37.6 Å². The molecule has 11 nitrogen and oxygen atoms in total. The van der Waals surface area contributed by atoms with E-state index < -0.39 is 15.1 Å². The van der Waals surface area contributed by atoms with Crippen LogP contribution in [0.3, 0.4) is 0 Å². The van der Waals surface area contributed by atoms with E-state index in [9.17, 15) is 13.2 Å². The average molecular weight is 616 g/mol. The summed E-state index contributed by atoms with van der Waals surface area (Å²) in [7, 11) is 2.09. The first kappa shape index (κ1) is 31.3. The molecule has 42 heavy (non-hydrogen) atoms. The minimum absolute atomic E-state index is 0.0141. The second-order valence-corrected chi connectivity index (χ2v) is 13.6. The van der Waals surface area contributed by atoms with Gasteiger partial charge in [-0.25, -0.2) is 8.42 Å². The molecule has 0 spiro atoms. The first-order valence-electron chi connectivity index (χ1n) is 13.8. The molecule has 0 atom stereocenters. The van der Waals surface area contributed by atoms with Crippen LogP contribution in [0.5, 0.6) is 5.75 Å². The van der Waals surface area contributed by atoms with E-state index in [2.05, 4.69) is 44.9 Å². The lowest BCUT2D eigenvalue weighted by atomic mass is 9.90. The molecule has 3 aromatic rings. The number of halogens is 1. The van der Waals surface area contributed by atoms with Crippen LogP contribution in [-0.2, 0) is 9.84 Å². The van der Waals surface area contributed by atoms with Crippen molar-refractivity contribution in [1.82, 2.24) is 20.2 Å². The van der Waals surface area contributed by atoms with Crippen molar-refractivity contribution in [2.24, 2.45) is 0 Å². The molecule has 1 amide bonds. The van der Waals surface area contributed by atoms with Gasteiger partial charge in [0.15, 0.2) is 15.7 Å². The van der Waals surface area contributed by atoms with Crippen molar-refractivity contribution >= 4 is 56.3 Å². The number of carbonyl (C=O) groups excluding carboxylic acids is 1. The zero-order chi connectivity index (χ0) is 30.6. The molecule has 0 saturated heterocycles. The van der Waals surface area contributed by atoms with E-state index in [1.54, 1.807) is 50.2 Å². The van der Waals surface area contributed by atoms with Gasteiger partial charge in [-0.15, -0.1) is 0 Å². The lowest BCUT2D eigenvalue weighted by Gasteiger charge is -2.33. The largest absolute Gasteiger partial charge is 0.495 e. The van der Waals surface area contributed by atoms with Crippen molar-refractivity contribution in [1.29, 1.82) is 0 Å². The molecule has 1 saturated carbocycles. The van der Waals surface area contributed by atoms with Crippen molar-refractivity contribution in [2.45, 2.75) is 61.8 Å². The number of hydrogen-bond donors (Lipinski definition) is 4. The van der Waals surface area contributed by atoms with Gasteiger partial charge in [0.05, 0.1) is 28.6 Å². The van der Waals surface area contributed by atoms with Gasteiger partial charge in [0.2, 0.25) is 5.95 Å². The quantitative estimate of drug-likeness (QED) is 0.245. The minimum atomic E-state index is -3.59. The van der Waals surface area contributed by atoms with E-state index in [1.807, 2.05) is 0 Å². The number of aromatic nitrogens is 2. The maximum Gasteiger partial charge on any atom is 0.251 e. The van der Waals surface area contributed by atoms with Crippen molar-refractivity contribution < 1.29 is 17.9 Å². The van der Waals surface area contributed by atoms with Crippen LogP contribution >= 0.6 is 11.6 Å². The van der Waals surface area contributed by atoms with Crippen LogP contribution in [0.25, 0.3) is 0 Å². The highest BCUT2D eigenvalue weighted by Gasteiger charge is 2.25. The van der Waals surface area contributed by atoms with Crippen molar-refractivity contribution in [3.05, 3.63) is 53.1 Å².